The van der Waals surface area contributed by atoms with Crippen LogP contribution < -0.4 is 0 Å². The lowest BCUT2D eigenvalue weighted by Crippen LogP contribution is -2.57. The molecule has 1 aromatic carbocycles. The zero-order valence-corrected chi connectivity index (χ0v) is 16.2. The lowest BCUT2D eigenvalue weighted by Gasteiger charge is -2.46. The minimum absolute atomic E-state index is 0.0325. The SMILES string of the molecule is C=CCN1CC2(CC(=O)CC)c3c(ccc(O)c3O)CC1C2(C)O.CC. The van der Waals surface area contributed by atoms with E-state index in [4.69, 9.17) is 0 Å². The molecule has 3 atom stereocenters. The molecular formula is C21H31NO4. The van der Waals surface area contributed by atoms with Gasteiger partial charge in [0.25, 0.3) is 0 Å². The van der Waals surface area contributed by atoms with Crippen LogP contribution in [0.5, 0.6) is 11.5 Å². The summed E-state index contributed by atoms with van der Waals surface area (Å²) >= 11 is 0. The summed E-state index contributed by atoms with van der Waals surface area (Å²) in [6.07, 6.45) is 2.86. The fraction of sp³-hybridized carbons (Fsp3) is 0.571. The summed E-state index contributed by atoms with van der Waals surface area (Å²) < 4.78 is 0. The first-order valence-electron chi connectivity index (χ1n) is 9.41. The second-order valence-electron chi connectivity index (χ2n) is 7.20. The smallest absolute Gasteiger partial charge is 0.161 e. The molecule has 3 rings (SSSR count). The van der Waals surface area contributed by atoms with Gasteiger partial charge < -0.3 is 15.3 Å². The van der Waals surface area contributed by atoms with Crippen molar-refractivity contribution in [2.45, 2.75) is 64.0 Å². The molecule has 1 aliphatic carbocycles. The summed E-state index contributed by atoms with van der Waals surface area (Å²) in [5.74, 6) is -0.394. The Morgan fingerprint density at radius 2 is 2.04 bits per heavy atom. The van der Waals surface area contributed by atoms with Gasteiger partial charge in [0.05, 0.1) is 5.60 Å². The van der Waals surface area contributed by atoms with E-state index in [2.05, 4.69) is 11.5 Å². The highest BCUT2D eigenvalue weighted by atomic mass is 16.3. The molecule has 0 aromatic heterocycles. The van der Waals surface area contributed by atoms with Gasteiger partial charge in [-0.05, 0) is 25.0 Å². The lowest BCUT2D eigenvalue weighted by molar-refractivity contribution is -0.123. The van der Waals surface area contributed by atoms with Crippen LogP contribution in [0.25, 0.3) is 0 Å². The molecule has 0 radical (unpaired) electrons. The van der Waals surface area contributed by atoms with Crippen molar-refractivity contribution in [3.63, 3.8) is 0 Å². The van der Waals surface area contributed by atoms with Gasteiger partial charge in [-0.1, -0.05) is 32.9 Å². The number of likely N-dealkylation sites (tertiary alicyclic amines) is 1. The third kappa shape index (κ3) is 2.83. The largest absolute Gasteiger partial charge is 0.504 e. The van der Waals surface area contributed by atoms with Crippen molar-refractivity contribution >= 4 is 5.78 Å². The Morgan fingerprint density at radius 3 is 2.62 bits per heavy atom. The minimum Gasteiger partial charge on any atom is -0.504 e. The van der Waals surface area contributed by atoms with E-state index >= 15 is 0 Å². The molecule has 0 spiro atoms. The third-order valence-corrected chi connectivity index (χ3v) is 5.92. The van der Waals surface area contributed by atoms with Gasteiger partial charge in [-0.3, -0.25) is 9.69 Å². The van der Waals surface area contributed by atoms with Crippen LogP contribution in [0.15, 0.2) is 24.8 Å². The van der Waals surface area contributed by atoms with Crippen LogP contribution in [0.3, 0.4) is 0 Å². The number of phenolic OH excluding ortho intramolecular Hbond substituents is 2. The minimum atomic E-state index is -1.18. The maximum Gasteiger partial charge on any atom is 0.161 e. The monoisotopic (exact) mass is 361 g/mol. The van der Waals surface area contributed by atoms with Gasteiger partial charge >= 0.3 is 0 Å². The maximum atomic E-state index is 12.3. The van der Waals surface area contributed by atoms with E-state index in [-0.39, 0.29) is 29.7 Å². The summed E-state index contributed by atoms with van der Waals surface area (Å²) in [7, 11) is 0. The Hall–Kier alpha value is -1.85. The fourth-order valence-corrected chi connectivity index (χ4v) is 4.63. The van der Waals surface area contributed by atoms with E-state index in [1.54, 1.807) is 26.0 Å². The fourth-order valence-electron chi connectivity index (χ4n) is 4.63. The van der Waals surface area contributed by atoms with Crippen LogP contribution in [-0.4, -0.2) is 50.7 Å². The quantitative estimate of drug-likeness (QED) is 0.555. The molecule has 2 bridgehead atoms. The van der Waals surface area contributed by atoms with E-state index in [0.717, 1.165) is 5.56 Å². The van der Waals surface area contributed by atoms with Crippen LogP contribution >= 0.6 is 0 Å². The topological polar surface area (TPSA) is 81.0 Å². The van der Waals surface area contributed by atoms with Gasteiger partial charge in [0.1, 0.15) is 5.78 Å². The molecular weight excluding hydrogens is 330 g/mol. The number of hydrogen-bond donors (Lipinski definition) is 3. The molecule has 1 saturated heterocycles. The van der Waals surface area contributed by atoms with Gasteiger partial charge in [-0.15, -0.1) is 6.58 Å². The number of aromatic hydroxyl groups is 2. The van der Waals surface area contributed by atoms with Crippen molar-refractivity contribution in [1.29, 1.82) is 0 Å². The second-order valence-corrected chi connectivity index (χ2v) is 7.20. The Kier molecular flexibility index (Phi) is 5.83. The Morgan fingerprint density at radius 1 is 1.38 bits per heavy atom. The van der Waals surface area contributed by atoms with Crippen molar-refractivity contribution in [3.05, 3.63) is 35.9 Å². The van der Waals surface area contributed by atoms with Gasteiger partial charge in [0.2, 0.25) is 0 Å². The number of carbonyl (C=O) groups excluding carboxylic acids is 1. The molecule has 3 unspecified atom stereocenters. The number of rotatable bonds is 5. The molecule has 26 heavy (non-hydrogen) atoms. The standard InChI is InChI=1S/C19H25NO4.C2H6/c1-4-8-20-11-19(10-13(21)5-2)16-12(6-7-14(22)17(16)23)9-15(20)18(19,3)24;1-2/h4,6-7,15,22-24H,1,5,8-11H2,2-3H3;1-2H3. The summed E-state index contributed by atoms with van der Waals surface area (Å²) in [6, 6.07) is 3.10. The van der Waals surface area contributed by atoms with Crippen molar-refractivity contribution < 1.29 is 20.1 Å². The highest BCUT2D eigenvalue weighted by Crippen LogP contribution is 2.57. The molecule has 5 nitrogen and oxygen atoms in total. The second kappa shape index (κ2) is 7.41. The van der Waals surface area contributed by atoms with Gasteiger partial charge in [0, 0.05) is 43.0 Å². The molecule has 1 aromatic rings. The molecule has 1 aliphatic heterocycles. The zero-order valence-electron chi connectivity index (χ0n) is 16.2. The van der Waals surface area contributed by atoms with Crippen molar-refractivity contribution in [3.8, 4) is 11.5 Å². The number of hydrogen-bond acceptors (Lipinski definition) is 5. The first-order valence-corrected chi connectivity index (χ1v) is 9.41. The molecule has 0 saturated carbocycles. The van der Waals surface area contributed by atoms with Crippen LogP contribution in [0.1, 0.15) is 51.7 Å². The molecule has 2 aliphatic rings. The summed E-state index contributed by atoms with van der Waals surface area (Å²) in [5.41, 5.74) is -0.696. The predicted molar refractivity (Wildman–Crippen MR) is 103 cm³/mol. The molecule has 144 valence electrons. The van der Waals surface area contributed by atoms with E-state index in [1.807, 2.05) is 13.8 Å². The highest BCUT2D eigenvalue weighted by Gasteiger charge is 2.65. The first-order chi connectivity index (χ1) is 12.3. The summed E-state index contributed by atoms with van der Waals surface area (Å²) in [5, 5.41) is 32.0. The number of phenols is 2. The van der Waals surface area contributed by atoms with Gasteiger partial charge in [-0.2, -0.15) is 0 Å². The van der Waals surface area contributed by atoms with Crippen LogP contribution in [0.4, 0.5) is 0 Å². The number of ketones is 1. The average Bonchev–Trinajstić information content (AvgIpc) is 2.73. The number of Topliss-reactive ketones (excluding diaryl/α,β-unsaturated/α-hetero) is 1. The van der Waals surface area contributed by atoms with E-state index in [1.165, 1.54) is 6.07 Å². The van der Waals surface area contributed by atoms with Gasteiger partial charge in [-0.25, -0.2) is 0 Å². The first kappa shape index (κ1) is 20.5. The maximum absolute atomic E-state index is 12.3. The highest BCUT2D eigenvalue weighted by molar-refractivity contribution is 5.81. The van der Waals surface area contributed by atoms with E-state index in [0.29, 0.717) is 31.5 Å². The van der Waals surface area contributed by atoms with Crippen molar-refractivity contribution in [1.82, 2.24) is 4.90 Å². The van der Waals surface area contributed by atoms with Crippen molar-refractivity contribution in [2.75, 3.05) is 13.1 Å². The van der Waals surface area contributed by atoms with Crippen LogP contribution in [-0.2, 0) is 16.6 Å². The molecule has 0 amide bonds. The lowest BCUT2D eigenvalue weighted by atomic mass is 9.59. The molecule has 1 fully saturated rings. The Bertz CT molecular complexity index is 697. The number of nitrogens with zero attached hydrogens (tertiary/aromatic N) is 1. The van der Waals surface area contributed by atoms with E-state index in [9.17, 15) is 20.1 Å². The molecule has 5 heteroatoms. The number of fused-ring (bicyclic) bond motifs is 4. The predicted octanol–water partition coefficient (Wildman–Crippen LogP) is 2.91. The number of aliphatic hydroxyl groups is 1. The summed E-state index contributed by atoms with van der Waals surface area (Å²) in [6.45, 7) is 12.4. The number of carbonyl (C=O) groups is 1. The zero-order chi connectivity index (χ0) is 19.7. The summed E-state index contributed by atoms with van der Waals surface area (Å²) in [4.78, 5) is 14.4. The third-order valence-electron chi connectivity index (χ3n) is 5.92. The number of benzene rings is 1. The van der Waals surface area contributed by atoms with Crippen molar-refractivity contribution in [2.24, 2.45) is 0 Å². The Labute approximate surface area is 156 Å². The normalized spacial score (nSPS) is 29.5. The average molecular weight is 361 g/mol. The molecule has 3 N–H and O–H groups in total. The van der Waals surface area contributed by atoms with E-state index < -0.39 is 11.0 Å². The van der Waals surface area contributed by atoms with Crippen LogP contribution in [0, 0.1) is 0 Å². The van der Waals surface area contributed by atoms with Crippen LogP contribution in [0.2, 0.25) is 0 Å². The molecule has 1 heterocycles. The Balaban J connectivity index is 0.00000117. The van der Waals surface area contributed by atoms with Gasteiger partial charge in [0.15, 0.2) is 11.5 Å².